The lowest BCUT2D eigenvalue weighted by atomic mass is 10.4. The fourth-order valence-electron chi connectivity index (χ4n) is 0.711. The number of quaternary nitrogens is 1. The van der Waals surface area contributed by atoms with Gasteiger partial charge in [0, 0.05) is 27.0 Å². The summed E-state index contributed by atoms with van der Waals surface area (Å²) in [5.74, 6) is 0.595. The third-order valence-corrected chi connectivity index (χ3v) is 3.46. The topological polar surface area (TPSA) is 17.1 Å². The predicted octanol–water partition coefficient (Wildman–Crippen LogP) is 1.14. The molecular formula is C6H15BrNOS2+. The first-order valence-electron chi connectivity index (χ1n) is 3.43. The molecule has 0 spiro atoms. The Kier molecular flexibility index (Phi) is 4.47. The molecule has 0 rings (SSSR count). The standard InChI is InChI=1S/C6H15BrNOS2/c1-8(2,3)5-4-6-11(7,9)10/h4-6H2,1-3H3/q+1. The predicted molar refractivity (Wildman–Crippen MR) is 56.8 cm³/mol. The third-order valence-electron chi connectivity index (χ3n) is 1.22. The van der Waals surface area contributed by atoms with Crippen LogP contribution in [0.5, 0.6) is 0 Å². The van der Waals surface area contributed by atoms with E-state index in [1.165, 1.54) is 0 Å². The minimum Gasteiger partial charge on any atom is -0.331 e. The second-order valence-electron chi connectivity index (χ2n) is 3.61. The van der Waals surface area contributed by atoms with Gasteiger partial charge in [0.05, 0.1) is 34.6 Å². The molecule has 0 aromatic heterocycles. The van der Waals surface area contributed by atoms with E-state index >= 15 is 0 Å². The number of hydrogen-bond acceptors (Lipinski definition) is 2. The molecule has 1 unspecified atom stereocenters. The van der Waals surface area contributed by atoms with E-state index in [1.807, 2.05) is 0 Å². The number of hydrogen-bond donors (Lipinski definition) is 0. The molecule has 68 valence electrons. The van der Waals surface area contributed by atoms with E-state index in [0.29, 0.717) is 5.75 Å². The molecule has 0 bridgehead atoms. The van der Waals surface area contributed by atoms with Gasteiger partial charge in [0.1, 0.15) is 0 Å². The van der Waals surface area contributed by atoms with Gasteiger partial charge in [-0.15, -0.1) is 0 Å². The lowest BCUT2D eigenvalue weighted by Crippen LogP contribution is -2.35. The molecule has 1 atom stereocenters. The van der Waals surface area contributed by atoms with Crippen LogP contribution in [0.1, 0.15) is 6.42 Å². The summed E-state index contributed by atoms with van der Waals surface area (Å²) in [6, 6.07) is 0. The van der Waals surface area contributed by atoms with Crippen LogP contribution < -0.4 is 0 Å². The fraction of sp³-hybridized carbons (Fsp3) is 1.00. The lowest BCUT2D eigenvalue weighted by molar-refractivity contribution is -0.870. The van der Waals surface area contributed by atoms with Crippen LogP contribution in [-0.2, 0) is 18.1 Å². The van der Waals surface area contributed by atoms with Crippen molar-refractivity contribution >= 4 is 32.9 Å². The Labute approximate surface area is 81.4 Å². The first-order chi connectivity index (χ1) is 4.71. The van der Waals surface area contributed by atoms with E-state index in [4.69, 9.17) is 11.2 Å². The molecule has 0 aliphatic carbocycles. The van der Waals surface area contributed by atoms with Crippen LogP contribution in [0.4, 0.5) is 0 Å². The van der Waals surface area contributed by atoms with Crippen LogP contribution in [0.3, 0.4) is 0 Å². The summed E-state index contributed by atoms with van der Waals surface area (Å²) in [6.07, 6.45) is 0.914. The molecule has 0 radical (unpaired) electrons. The minimum atomic E-state index is -2.11. The Morgan fingerprint density at radius 1 is 1.45 bits per heavy atom. The van der Waals surface area contributed by atoms with Crippen molar-refractivity contribution in [3.05, 3.63) is 0 Å². The lowest BCUT2D eigenvalue weighted by Gasteiger charge is -2.23. The van der Waals surface area contributed by atoms with Gasteiger partial charge in [-0.2, -0.15) is 0 Å². The van der Waals surface area contributed by atoms with Gasteiger partial charge < -0.3 is 4.48 Å². The molecule has 0 heterocycles. The largest absolute Gasteiger partial charge is 0.331 e. The SMILES string of the molecule is C[N+](C)(C)CCCS(=O)(=S)Br. The van der Waals surface area contributed by atoms with Gasteiger partial charge in [-0.1, -0.05) is 0 Å². The highest BCUT2D eigenvalue weighted by Gasteiger charge is 2.08. The molecule has 0 saturated heterocycles. The quantitative estimate of drug-likeness (QED) is 0.557. The highest BCUT2D eigenvalue weighted by Crippen LogP contribution is 2.04. The molecule has 0 aliphatic heterocycles. The summed E-state index contributed by atoms with van der Waals surface area (Å²) in [7, 11) is 6.33. The molecule has 5 heteroatoms. The zero-order chi connectivity index (χ0) is 9.12. The normalized spacial score (nSPS) is 17.8. The number of halogens is 1. The highest BCUT2D eigenvalue weighted by atomic mass is 79.9. The summed E-state index contributed by atoms with van der Waals surface area (Å²) in [5.41, 5.74) is 0. The van der Waals surface area contributed by atoms with Crippen LogP contribution >= 0.6 is 14.8 Å². The van der Waals surface area contributed by atoms with Crippen LogP contribution in [-0.4, -0.2) is 42.1 Å². The Hall–Kier alpha value is 0.810. The van der Waals surface area contributed by atoms with Crippen molar-refractivity contribution < 1.29 is 8.69 Å². The zero-order valence-electron chi connectivity index (χ0n) is 7.17. The second-order valence-corrected chi connectivity index (χ2v) is 11.1. The molecule has 0 aromatic rings. The van der Waals surface area contributed by atoms with Crippen LogP contribution in [0.25, 0.3) is 0 Å². The number of nitrogens with zero attached hydrogens (tertiary/aromatic N) is 1. The van der Waals surface area contributed by atoms with Gasteiger partial charge in [0.2, 0.25) is 0 Å². The van der Waals surface area contributed by atoms with Crippen LogP contribution in [0, 0.1) is 0 Å². The van der Waals surface area contributed by atoms with Crippen molar-refractivity contribution in [2.75, 3.05) is 33.4 Å². The molecule has 0 fully saturated rings. The molecule has 2 nitrogen and oxygen atoms in total. The molecule has 0 aliphatic rings. The maximum Gasteiger partial charge on any atom is 0.0907 e. The van der Waals surface area contributed by atoms with E-state index < -0.39 is 6.93 Å². The van der Waals surface area contributed by atoms with E-state index in [0.717, 1.165) is 17.4 Å². The summed E-state index contributed by atoms with van der Waals surface area (Å²) >= 11 is 7.69. The van der Waals surface area contributed by atoms with Crippen molar-refractivity contribution in [2.24, 2.45) is 0 Å². The summed E-state index contributed by atoms with van der Waals surface area (Å²) in [5, 5.41) is 0. The average molecular weight is 261 g/mol. The molecular weight excluding hydrogens is 246 g/mol. The molecule has 0 saturated carbocycles. The van der Waals surface area contributed by atoms with Crippen molar-refractivity contribution in [3.63, 3.8) is 0 Å². The van der Waals surface area contributed by atoms with Crippen LogP contribution in [0.15, 0.2) is 0 Å². The smallest absolute Gasteiger partial charge is 0.0907 e. The average Bonchev–Trinajstić information content (AvgIpc) is 1.55. The van der Waals surface area contributed by atoms with Crippen molar-refractivity contribution in [2.45, 2.75) is 6.42 Å². The Morgan fingerprint density at radius 3 is 2.18 bits per heavy atom. The van der Waals surface area contributed by atoms with Gasteiger partial charge in [0.25, 0.3) is 0 Å². The van der Waals surface area contributed by atoms with E-state index in [2.05, 4.69) is 36.0 Å². The van der Waals surface area contributed by atoms with Gasteiger partial charge in [-0.3, -0.25) is 0 Å². The molecule has 11 heavy (non-hydrogen) atoms. The molecule has 0 aromatic carbocycles. The number of rotatable bonds is 4. The van der Waals surface area contributed by atoms with E-state index in [9.17, 15) is 4.21 Å². The zero-order valence-corrected chi connectivity index (χ0v) is 10.4. The maximum atomic E-state index is 11.0. The maximum absolute atomic E-state index is 11.0. The summed E-state index contributed by atoms with van der Waals surface area (Å²) < 4.78 is 11.9. The van der Waals surface area contributed by atoms with E-state index in [-0.39, 0.29) is 0 Å². The minimum absolute atomic E-state index is 0.595. The first-order valence-corrected chi connectivity index (χ1v) is 7.93. The van der Waals surface area contributed by atoms with Crippen molar-refractivity contribution in [1.29, 1.82) is 0 Å². The van der Waals surface area contributed by atoms with Gasteiger partial charge in [-0.25, -0.2) is 4.21 Å². The van der Waals surface area contributed by atoms with Crippen molar-refractivity contribution in [3.8, 4) is 0 Å². The monoisotopic (exact) mass is 260 g/mol. The van der Waals surface area contributed by atoms with Crippen molar-refractivity contribution in [1.82, 2.24) is 0 Å². The van der Waals surface area contributed by atoms with Crippen LogP contribution in [0.2, 0.25) is 0 Å². The summed E-state index contributed by atoms with van der Waals surface area (Å²) in [4.78, 5) is 0. The third kappa shape index (κ3) is 10.8. The van der Waals surface area contributed by atoms with E-state index in [1.54, 1.807) is 0 Å². The Bertz CT molecular complexity index is 205. The highest BCUT2D eigenvalue weighted by molar-refractivity contribution is 9.51. The van der Waals surface area contributed by atoms with Gasteiger partial charge in [-0.05, 0) is 11.2 Å². The molecule has 0 amide bonds. The fourth-order valence-corrected chi connectivity index (χ4v) is 2.23. The first kappa shape index (κ1) is 11.8. The van der Waals surface area contributed by atoms with Gasteiger partial charge >= 0.3 is 0 Å². The van der Waals surface area contributed by atoms with Gasteiger partial charge in [0.15, 0.2) is 0 Å². The Morgan fingerprint density at radius 2 is 1.91 bits per heavy atom. The Balaban J connectivity index is 3.61. The molecule has 0 N–H and O–H groups in total. The second kappa shape index (κ2) is 4.16. The summed E-state index contributed by atoms with van der Waals surface area (Å²) in [6.45, 7) is -1.10.